The third kappa shape index (κ3) is 11.2. The van der Waals surface area contributed by atoms with E-state index in [2.05, 4.69) is 10.6 Å². The molecular formula is C30H56N6O6. The minimum atomic E-state index is -0.963. The quantitative estimate of drug-likeness (QED) is 0.293. The number of likely N-dealkylation sites (N-methyl/N-ethyl adjacent to an activating group) is 4. The Morgan fingerprint density at radius 1 is 0.548 bits per heavy atom. The molecule has 0 saturated heterocycles. The van der Waals surface area contributed by atoms with Crippen LogP contribution >= 0.6 is 0 Å². The van der Waals surface area contributed by atoms with Crippen LogP contribution in [0, 0.1) is 17.8 Å². The molecule has 0 fully saturated rings. The number of nitrogens with zero attached hydrogens (tertiary/aromatic N) is 4. The van der Waals surface area contributed by atoms with Gasteiger partial charge in [0.2, 0.25) is 35.4 Å². The topological polar surface area (TPSA) is 139 Å². The van der Waals surface area contributed by atoms with E-state index in [0.717, 1.165) is 0 Å². The molecule has 0 unspecified atom stereocenters. The Kier molecular flexibility index (Phi) is 15.8. The maximum Gasteiger partial charge on any atom is 0.245 e. The fraction of sp³-hybridized carbons (Fsp3) is 0.800. The summed E-state index contributed by atoms with van der Waals surface area (Å²) < 4.78 is 0. The highest BCUT2D eigenvalue weighted by Gasteiger charge is 2.40. The molecule has 0 aliphatic rings. The molecule has 242 valence electrons. The number of hydrogen-bond donors (Lipinski definition) is 2. The van der Waals surface area contributed by atoms with Crippen LogP contribution in [-0.2, 0) is 28.8 Å². The van der Waals surface area contributed by atoms with Gasteiger partial charge >= 0.3 is 0 Å². The molecule has 0 aromatic heterocycles. The van der Waals surface area contributed by atoms with Crippen molar-refractivity contribution in [3.05, 3.63) is 0 Å². The second-order valence-corrected chi connectivity index (χ2v) is 12.7. The summed E-state index contributed by atoms with van der Waals surface area (Å²) >= 11 is 0. The highest BCUT2D eigenvalue weighted by atomic mass is 16.2. The minimum absolute atomic E-state index is 0.0391. The van der Waals surface area contributed by atoms with Crippen LogP contribution in [0.5, 0.6) is 0 Å². The standard InChI is InChI=1S/C30H56N6O6/c1-17(2)15-23(34(12)27(39)21(8)32-26(38)20(7)31-22(9)37)28(40)35(13)24(16-18(3)4)29(41)36(14)25(19(5)6)30(42)33(10)11/h17-21,23-25H,15-16H2,1-14H3,(H,31,37)(H,32,38)/t20-,21+,23-,24-,25-/m0/s1. The molecule has 0 heterocycles. The second kappa shape index (κ2) is 17.1. The van der Waals surface area contributed by atoms with Gasteiger partial charge in [-0.05, 0) is 44.4 Å². The van der Waals surface area contributed by atoms with Gasteiger partial charge in [-0.25, -0.2) is 0 Å². The predicted molar refractivity (Wildman–Crippen MR) is 163 cm³/mol. The summed E-state index contributed by atoms with van der Waals surface area (Å²) in [7, 11) is 7.95. The Morgan fingerprint density at radius 2 is 0.952 bits per heavy atom. The number of nitrogens with one attached hydrogen (secondary N) is 2. The summed E-state index contributed by atoms with van der Waals surface area (Å²) in [6.45, 7) is 15.9. The molecule has 12 nitrogen and oxygen atoms in total. The van der Waals surface area contributed by atoms with Crippen molar-refractivity contribution in [2.45, 2.75) is 105 Å². The van der Waals surface area contributed by atoms with E-state index in [1.165, 1.54) is 47.4 Å². The Hall–Kier alpha value is -3.18. The van der Waals surface area contributed by atoms with Gasteiger partial charge in [-0.3, -0.25) is 28.8 Å². The van der Waals surface area contributed by atoms with Crippen LogP contribution in [0.2, 0.25) is 0 Å². The average molecular weight is 597 g/mol. The van der Waals surface area contributed by atoms with E-state index >= 15 is 0 Å². The first-order valence-electron chi connectivity index (χ1n) is 14.7. The number of carbonyl (C=O) groups is 6. The van der Waals surface area contributed by atoms with Gasteiger partial charge in [-0.15, -0.1) is 0 Å². The molecule has 0 saturated carbocycles. The van der Waals surface area contributed by atoms with Crippen LogP contribution in [0.15, 0.2) is 0 Å². The summed E-state index contributed by atoms with van der Waals surface area (Å²) in [5.74, 6) is -2.39. The molecule has 42 heavy (non-hydrogen) atoms. The maximum atomic E-state index is 14.0. The molecule has 0 bridgehead atoms. The lowest BCUT2D eigenvalue weighted by Crippen LogP contribution is -2.60. The largest absolute Gasteiger partial charge is 0.347 e. The van der Waals surface area contributed by atoms with Crippen LogP contribution in [-0.4, -0.2) is 120 Å². The van der Waals surface area contributed by atoms with Crippen molar-refractivity contribution in [3.8, 4) is 0 Å². The molecule has 0 rings (SSSR count). The van der Waals surface area contributed by atoms with Gasteiger partial charge in [-0.1, -0.05) is 41.5 Å². The molecule has 0 aliphatic heterocycles. The number of hydrogen-bond acceptors (Lipinski definition) is 6. The number of amides is 6. The second-order valence-electron chi connectivity index (χ2n) is 12.7. The molecule has 0 radical (unpaired) electrons. The molecule has 2 N–H and O–H groups in total. The zero-order valence-electron chi connectivity index (χ0n) is 28.3. The first-order chi connectivity index (χ1) is 19.1. The van der Waals surface area contributed by atoms with Gasteiger partial charge in [0, 0.05) is 42.2 Å². The molecular weight excluding hydrogens is 540 g/mol. The monoisotopic (exact) mass is 596 g/mol. The van der Waals surface area contributed by atoms with E-state index in [9.17, 15) is 28.8 Å². The summed E-state index contributed by atoms with van der Waals surface area (Å²) in [6, 6.07) is -4.25. The van der Waals surface area contributed by atoms with Crippen molar-refractivity contribution in [1.29, 1.82) is 0 Å². The zero-order valence-corrected chi connectivity index (χ0v) is 28.3. The lowest BCUT2D eigenvalue weighted by Gasteiger charge is -2.39. The normalized spacial score (nSPS) is 14.9. The Labute approximate surface area is 252 Å². The molecule has 0 aromatic carbocycles. The van der Waals surface area contributed by atoms with Crippen LogP contribution < -0.4 is 10.6 Å². The van der Waals surface area contributed by atoms with Gasteiger partial charge in [-0.2, -0.15) is 0 Å². The molecule has 0 aliphatic carbocycles. The molecule has 12 heteroatoms. The minimum Gasteiger partial charge on any atom is -0.347 e. The van der Waals surface area contributed by atoms with Crippen LogP contribution in [0.3, 0.4) is 0 Å². The predicted octanol–water partition coefficient (Wildman–Crippen LogP) is 1.33. The Balaban J connectivity index is 6.23. The van der Waals surface area contributed by atoms with Crippen molar-refractivity contribution >= 4 is 35.4 Å². The van der Waals surface area contributed by atoms with Crippen LogP contribution in [0.25, 0.3) is 0 Å². The van der Waals surface area contributed by atoms with E-state index in [0.29, 0.717) is 12.8 Å². The van der Waals surface area contributed by atoms with E-state index in [1.807, 2.05) is 41.5 Å². The van der Waals surface area contributed by atoms with Gasteiger partial charge in [0.15, 0.2) is 0 Å². The highest BCUT2D eigenvalue weighted by molar-refractivity contribution is 5.96. The first-order valence-corrected chi connectivity index (χ1v) is 14.7. The summed E-state index contributed by atoms with van der Waals surface area (Å²) in [4.78, 5) is 83.7. The lowest BCUT2D eigenvalue weighted by molar-refractivity contribution is -0.154. The Morgan fingerprint density at radius 3 is 1.31 bits per heavy atom. The van der Waals surface area contributed by atoms with Crippen LogP contribution in [0.4, 0.5) is 0 Å². The van der Waals surface area contributed by atoms with E-state index < -0.39 is 47.9 Å². The van der Waals surface area contributed by atoms with E-state index in [-0.39, 0.29) is 35.5 Å². The third-order valence-corrected chi connectivity index (χ3v) is 7.22. The van der Waals surface area contributed by atoms with Gasteiger partial charge < -0.3 is 30.2 Å². The third-order valence-electron chi connectivity index (χ3n) is 7.22. The molecule has 6 amide bonds. The van der Waals surface area contributed by atoms with Crippen molar-refractivity contribution in [2.75, 3.05) is 35.2 Å². The number of rotatable bonds is 15. The summed E-state index contributed by atoms with van der Waals surface area (Å²) in [6.07, 6.45) is 0.701. The average Bonchev–Trinajstić information content (AvgIpc) is 2.87. The SMILES string of the molecule is CC(=O)N[C@@H](C)C(=O)N[C@H](C)C(=O)N(C)[C@@H](CC(C)C)C(=O)N(C)[C@@H](CC(C)C)C(=O)N(C)[C@H](C(=O)N(C)C)C(C)C. The molecule has 0 aromatic rings. The number of carbonyl (C=O) groups excluding carboxylic acids is 6. The molecule has 5 atom stereocenters. The van der Waals surface area contributed by atoms with Crippen molar-refractivity contribution in [2.24, 2.45) is 17.8 Å². The van der Waals surface area contributed by atoms with Crippen LogP contribution in [0.1, 0.15) is 75.2 Å². The highest BCUT2D eigenvalue weighted by Crippen LogP contribution is 2.22. The van der Waals surface area contributed by atoms with E-state index in [1.54, 1.807) is 28.2 Å². The lowest BCUT2D eigenvalue weighted by atomic mass is 9.95. The van der Waals surface area contributed by atoms with Gasteiger partial charge in [0.1, 0.15) is 30.2 Å². The van der Waals surface area contributed by atoms with E-state index in [4.69, 9.17) is 0 Å². The maximum absolute atomic E-state index is 14.0. The summed E-state index contributed by atoms with van der Waals surface area (Å²) in [5, 5.41) is 5.08. The van der Waals surface area contributed by atoms with Gasteiger partial charge in [0.25, 0.3) is 0 Å². The first kappa shape index (κ1) is 38.8. The Bertz CT molecular complexity index is 966. The fourth-order valence-electron chi connectivity index (χ4n) is 4.90. The molecule has 0 spiro atoms. The van der Waals surface area contributed by atoms with Crippen molar-refractivity contribution in [1.82, 2.24) is 30.2 Å². The smallest absolute Gasteiger partial charge is 0.245 e. The van der Waals surface area contributed by atoms with Crippen molar-refractivity contribution < 1.29 is 28.8 Å². The fourth-order valence-corrected chi connectivity index (χ4v) is 4.90. The zero-order chi connectivity index (χ0) is 33.2. The van der Waals surface area contributed by atoms with Crippen molar-refractivity contribution in [3.63, 3.8) is 0 Å². The van der Waals surface area contributed by atoms with Gasteiger partial charge in [0.05, 0.1) is 0 Å². The summed E-state index contributed by atoms with van der Waals surface area (Å²) in [5.41, 5.74) is 0.